The molecule has 3 aliphatic heterocycles. The summed E-state index contributed by atoms with van der Waals surface area (Å²) < 4.78 is 49.1. The number of hydrogen-bond acceptors (Lipinski definition) is 10. The third kappa shape index (κ3) is 4.81. The number of pyridine rings is 1. The van der Waals surface area contributed by atoms with Crippen molar-refractivity contribution in [2.45, 2.75) is 57.3 Å². The quantitative estimate of drug-likeness (QED) is 0.333. The van der Waals surface area contributed by atoms with Crippen LogP contribution in [0.4, 0.5) is 14.6 Å². The summed E-state index contributed by atoms with van der Waals surface area (Å²) in [6.07, 6.45) is 2.88. The number of aliphatic hydroxyl groups is 1. The molecule has 1 aromatic carbocycles. The molecule has 3 aliphatic rings. The molecule has 44 heavy (non-hydrogen) atoms. The lowest BCUT2D eigenvalue weighted by Gasteiger charge is -2.31. The standard InChI is InChI=1S/C31H37F2N7O4/c1-17-10-21-20(12-34-38-21)22(18(17)2)25-24(33)26-23(28(35-25)42-4)27(39-8-9-43-15-30(3,41)14-39)37-29(36-26)44-16-31-6-5-7-40(31)13-19(32)11-31/h10,12,19,41H,5-9,11,13-16H2,1-4H3,(H,34,38)/t19-,30+,31+/m1/s1. The Morgan fingerprint density at radius 2 is 2.07 bits per heavy atom. The molecule has 3 aromatic heterocycles. The number of nitrogens with zero attached hydrogens (tertiary/aromatic N) is 6. The number of aryl methyl sites for hydroxylation is 1. The second kappa shape index (κ2) is 10.7. The molecule has 0 saturated carbocycles. The molecule has 0 bridgehead atoms. The van der Waals surface area contributed by atoms with E-state index < -0.39 is 23.1 Å². The Morgan fingerprint density at radius 1 is 1.23 bits per heavy atom. The number of aromatic amines is 1. The van der Waals surface area contributed by atoms with Crippen LogP contribution in [-0.2, 0) is 4.74 Å². The lowest BCUT2D eigenvalue weighted by Crippen LogP contribution is -2.44. The Balaban J connectivity index is 1.42. The first-order chi connectivity index (χ1) is 21.1. The summed E-state index contributed by atoms with van der Waals surface area (Å²) in [6, 6.07) is 1.93. The Bertz CT molecular complexity index is 1750. The number of methoxy groups -OCH3 is 1. The van der Waals surface area contributed by atoms with E-state index in [1.807, 2.05) is 24.8 Å². The largest absolute Gasteiger partial charge is 0.480 e. The average molecular weight is 610 g/mol. The minimum Gasteiger partial charge on any atom is -0.480 e. The van der Waals surface area contributed by atoms with Gasteiger partial charge in [-0.15, -0.1) is 0 Å². The van der Waals surface area contributed by atoms with E-state index in [9.17, 15) is 9.50 Å². The van der Waals surface area contributed by atoms with E-state index in [1.54, 1.807) is 13.1 Å². The number of alkyl halides is 1. The third-order valence-electron chi connectivity index (χ3n) is 9.39. The maximum absolute atomic E-state index is 16.9. The highest BCUT2D eigenvalue weighted by molar-refractivity contribution is 6.01. The van der Waals surface area contributed by atoms with Crippen molar-refractivity contribution in [3.05, 3.63) is 29.2 Å². The molecule has 3 fully saturated rings. The van der Waals surface area contributed by atoms with Gasteiger partial charge in [-0.05, 0) is 57.4 Å². The number of nitrogens with one attached hydrogen (secondary N) is 1. The van der Waals surface area contributed by atoms with E-state index in [0.717, 1.165) is 41.4 Å². The molecule has 234 valence electrons. The number of rotatable bonds is 6. The summed E-state index contributed by atoms with van der Waals surface area (Å²) in [6.45, 7) is 7.93. The van der Waals surface area contributed by atoms with Gasteiger partial charge in [0.2, 0.25) is 5.88 Å². The summed E-state index contributed by atoms with van der Waals surface area (Å²) in [4.78, 5) is 18.0. The maximum Gasteiger partial charge on any atom is 0.319 e. The van der Waals surface area contributed by atoms with Crippen LogP contribution >= 0.6 is 0 Å². The van der Waals surface area contributed by atoms with Gasteiger partial charge in [-0.2, -0.15) is 15.1 Å². The van der Waals surface area contributed by atoms with Gasteiger partial charge in [-0.1, -0.05) is 0 Å². The fourth-order valence-electron chi connectivity index (χ4n) is 7.18. The molecule has 3 atom stereocenters. The lowest BCUT2D eigenvalue weighted by atomic mass is 9.95. The highest BCUT2D eigenvalue weighted by atomic mass is 19.1. The van der Waals surface area contributed by atoms with Crippen molar-refractivity contribution in [1.82, 2.24) is 30.0 Å². The number of benzene rings is 1. The van der Waals surface area contributed by atoms with Crippen molar-refractivity contribution in [2.24, 2.45) is 0 Å². The summed E-state index contributed by atoms with van der Waals surface area (Å²) in [5.41, 5.74) is 1.54. The van der Waals surface area contributed by atoms with Gasteiger partial charge in [0.1, 0.15) is 40.8 Å². The zero-order chi connectivity index (χ0) is 30.8. The molecule has 0 spiro atoms. The van der Waals surface area contributed by atoms with Crippen LogP contribution < -0.4 is 14.4 Å². The van der Waals surface area contributed by atoms with Crippen molar-refractivity contribution in [1.29, 1.82) is 0 Å². The number of anilines is 1. The smallest absolute Gasteiger partial charge is 0.319 e. The average Bonchev–Trinajstić information content (AvgIpc) is 3.65. The second-order valence-electron chi connectivity index (χ2n) is 12.7. The highest BCUT2D eigenvalue weighted by Crippen LogP contribution is 2.43. The number of halogens is 2. The molecular formula is C31H37F2N7O4. The highest BCUT2D eigenvalue weighted by Gasteiger charge is 2.49. The van der Waals surface area contributed by atoms with Gasteiger partial charge in [0.05, 0.1) is 44.1 Å². The van der Waals surface area contributed by atoms with Crippen LogP contribution in [0.25, 0.3) is 33.1 Å². The van der Waals surface area contributed by atoms with Crippen LogP contribution in [0.15, 0.2) is 12.3 Å². The first-order valence-corrected chi connectivity index (χ1v) is 15.0. The summed E-state index contributed by atoms with van der Waals surface area (Å²) >= 11 is 0. The molecule has 6 heterocycles. The minimum absolute atomic E-state index is 0.0234. The summed E-state index contributed by atoms with van der Waals surface area (Å²) in [5.74, 6) is -0.207. The van der Waals surface area contributed by atoms with Crippen LogP contribution in [0.1, 0.15) is 37.3 Å². The predicted molar refractivity (Wildman–Crippen MR) is 161 cm³/mol. The summed E-state index contributed by atoms with van der Waals surface area (Å²) in [7, 11) is 1.47. The van der Waals surface area contributed by atoms with E-state index in [-0.39, 0.29) is 48.2 Å². The van der Waals surface area contributed by atoms with E-state index in [2.05, 4.69) is 20.1 Å². The van der Waals surface area contributed by atoms with Crippen molar-refractivity contribution in [3.8, 4) is 23.1 Å². The SMILES string of the molecule is COc1nc(-c2c(C)c(C)cc3[nH]ncc23)c(F)c2nc(OC[C@@]34CCCN3C[C@H](F)C4)nc(N3CCOC[C@@](C)(O)C3)c12. The monoisotopic (exact) mass is 609 g/mol. The summed E-state index contributed by atoms with van der Waals surface area (Å²) in [5, 5.41) is 19.1. The lowest BCUT2D eigenvalue weighted by molar-refractivity contribution is -0.0123. The molecule has 11 nitrogen and oxygen atoms in total. The van der Waals surface area contributed by atoms with Crippen molar-refractivity contribution < 1.29 is 28.1 Å². The normalized spacial score (nSPS) is 26.0. The van der Waals surface area contributed by atoms with Crippen LogP contribution in [0.2, 0.25) is 0 Å². The van der Waals surface area contributed by atoms with Gasteiger partial charge in [0.25, 0.3) is 0 Å². The van der Waals surface area contributed by atoms with Gasteiger partial charge in [0, 0.05) is 30.5 Å². The van der Waals surface area contributed by atoms with Crippen molar-refractivity contribution >= 4 is 27.6 Å². The van der Waals surface area contributed by atoms with Crippen LogP contribution in [0, 0.1) is 19.7 Å². The zero-order valence-corrected chi connectivity index (χ0v) is 25.4. The van der Waals surface area contributed by atoms with Crippen molar-refractivity contribution in [2.75, 3.05) is 58.0 Å². The number of ether oxygens (including phenoxy) is 3. The second-order valence-corrected chi connectivity index (χ2v) is 12.7. The number of aromatic nitrogens is 5. The first-order valence-electron chi connectivity index (χ1n) is 15.0. The number of fused-ring (bicyclic) bond motifs is 3. The Hall–Kier alpha value is -3.68. The van der Waals surface area contributed by atoms with Crippen LogP contribution in [-0.4, -0.2) is 106 Å². The molecular weight excluding hydrogens is 572 g/mol. The van der Waals surface area contributed by atoms with Crippen LogP contribution in [0.5, 0.6) is 11.9 Å². The van der Waals surface area contributed by atoms with E-state index >= 15 is 4.39 Å². The molecule has 3 saturated heterocycles. The zero-order valence-electron chi connectivity index (χ0n) is 25.4. The maximum atomic E-state index is 16.9. The molecule has 0 amide bonds. The molecule has 0 unspecified atom stereocenters. The van der Waals surface area contributed by atoms with Gasteiger partial charge in [-0.25, -0.2) is 13.8 Å². The third-order valence-corrected chi connectivity index (χ3v) is 9.39. The number of hydrogen-bond donors (Lipinski definition) is 2. The van der Waals surface area contributed by atoms with E-state index in [0.29, 0.717) is 37.5 Å². The molecule has 7 rings (SSSR count). The molecule has 13 heteroatoms. The Labute approximate surface area is 253 Å². The Kier molecular flexibility index (Phi) is 7.09. The van der Waals surface area contributed by atoms with Gasteiger partial charge < -0.3 is 24.2 Å². The van der Waals surface area contributed by atoms with Gasteiger partial charge >= 0.3 is 6.01 Å². The molecule has 2 N–H and O–H groups in total. The van der Waals surface area contributed by atoms with Gasteiger partial charge in [-0.3, -0.25) is 10.00 Å². The first kappa shape index (κ1) is 29.1. The fourth-order valence-corrected chi connectivity index (χ4v) is 7.18. The fraction of sp³-hybridized carbons (Fsp3) is 0.548. The molecule has 4 aromatic rings. The number of H-pyrrole nitrogens is 1. The molecule has 0 aliphatic carbocycles. The van der Waals surface area contributed by atoms with Crippen LogP contribution in [0.3, 0.4) is 0 Å². The number of β-amino-alcohol motifs (C(OH)–C–C–N with tert-alkyl or cyclic N) is 1. The van der Waals surface area contributed by atoms with Crippen molar-refractivity contribution in [3.63, 3.8) is 0 Å². The topological polar surface area (TPSA) is 122 Å². The Morgan fingerprint density at radius 3 is 2.89 bits per heavy atom. The van der Waals surface area contributed by atoms with Gasteiger partial charge in [0.15, 0.2) is 5.82 Å². The molecule has 0 radical (unpaired) electrons. The van der Waals surface area contributed by atoms with E-state index in [1.165, 1.54) is 7.11 Å². The predicted octanol–water partition coefficient (Wildman–Crippen LogP) is 3.88. The minimum atomic E-state index is -1.19. The van der Waals surface area contributed by atoms with E-state index in [4.69, 9.17) is 24.2 Å².